The molecule has 2 atom stereocenters. The van der Waals surface area contributed by atoms with Crippen molar-refractivity contribution in [3.63, 3.8) is 0 Å². The van der Waals surface area contributed by atoms with Gasteiger partial charge in [-0.2, -0.15) is 0 Å². The van der Waals surface area contributed by atoms with Crippen LogP contribution in [-0.2, 0) is 19.1 Å². The van der Waals surface area contributed by atoms with Crippen LogP contribution in [0.2, 0.25) is 0 Å². The van der Waals surface area contributed by atoms with Gasteiger partial charge in [0.25, 0.3) is 0 Å². The molecule has 26 heavy (non-hydrogen) atoms. The lowest BCUT2D eigenvalue weighted by Gasteiger charge is -2.16. The van der Waals surface area contributed by atoms with Gasteiger partial charge in [-0.1, -0.05) is 79.2 Å². The molecule has 0 amide bonds. The summed E-state index contributed by atoms with van der Waals surface area (Å²) in [7, 11) is 0. The van der Waals surface area contributed by atoms with Gasteiger partial charge < -0.3 is 9.47 Å². The minimum absolute atomic E-state index is 0.00916. The molecule has 0 radical (unpaired) electrons. The highest BCUT2D eigenvalue weighted by Gasteiger charge is 2.12. The smallest absolute Gasteiger partial charge is 0.307 e. The van der Waals surface area contributed by atoms with Crippen LogP contribution in [0.25, 0.3) is 0 Å². The first-order valence-electron chi connectivity index (χ1n) is 10.4. The van der Waals surface area contributed by atoms with Crippen LogP contribution in [0.1, 0.15) is 98.8 Å². The van der Waals surface area contributed by atoms with E-state index in [0.29, 0.717) is 24.9 Å². The lowest BCUT2D eigenvalue weighted by Crippen LogP contribution is -2.14. The van der Waals surface area contributed by atoms with Crippen molar-refractivity contribution in [1.82, 2.24) is 0 Å². The summed E-state index contributed by atoms with van der Waals surface area (Å²) in [5, 5.41) is 0. The third-order valence-electron chi connectivity index (χ3n) is 4.57. The Morgan fingerprint density at radius 1 is 0.923 bits per heavy atom. The number of rotatable bonds is 14. The minimum atomic E-state index is -0.329. The minimum Gasteiger partial charge on any atom is -0.465 e. The average Bonchev–Trinajstić information content (AvgIpc) is 2.62. The van der Waals surface area contributed by atoms with Crippen LogP contribution in [0, 0.1) is 11.8 Å². The monoisotopic (exact) mass is 370 g/mol. The molecule has 0 aromatic rings. The lowest BCUT2D eigenvalue weighted by atomic mass is 9.94. The Bertz CT molecular complexity index is 330. The second-order valence-electron chi connectivity index (χ2n) is 6.83. The van der Waals surface area contributed by atoms with E-state index in [9.17, 15) is 9.59 Å². The Labute approximate surface area is 161 Å². The fourth-order valence-corrected chi connectivity index (χ4v) is 2.67. The molecule has 0 fully saturated rings. The van der Waals surface area contributed by atoms with Crippen molar-refractivity contribution >= 4 is 11.9 Å². The standard InChI is InChI=1S/C18H36O2.C4H6O2/c1-5-9-11-16(7-3)13-14-18(19)20-15-17(8-4)12-10-6-2;1-3-6-4(2)5/h16-17H,5-15H2,1-4H3;3H,1H2,2H3. The molecule has 4 heteroatoms. The molecule has 0 aromatic carbocycles. The largest absolute Gasteiger partial charge is 0.465 e. The zero-order valence-corrected chi connectivity index (χ0v) is 17.9. The van der Waals surface area contributed by atoms with Crippen molar-refractivity contribution in [3.8, 4) is 0 Å². The van der Waals surface area contributed by atoms with Crippen molar-refractivity contribution in [3.05, 3.63) is 12.8 Å². The molecular weight excluding hydrogens is 328 g/mol. The number of esters is 2. The van der Waals surface area contributed by atoms with Crippen LogP contribution < -0.4 is 0 Å². The van der Waals surface area contributed by atoms with Gasteiger partial charge in [-0.05, 0) is 24.7 Å². The summed E-state index contributed by atoms with van der Waals surface area (Å²) in [5.74, 6) is 0.936. The number of ether oxygens (including phenoxy) is 2. The normalized spacial score (nSPS) is 12.3. The van der Waals surface area contributed by atoms with E-state index in [4.69, 9.17) is 4.74 Å². The summed E-state index contributed by atoms with van der Waals surface area (Å²) in [5.41, 5.74) is 0. The Morgan fingerprint density at radius 3 is 1.85 bits per heavy atom. The third kappa shape index (κ3) is 19.0. The van der Waals surface area contributed by atoms with E-state index in [1.165, 1.54) is 51.9 Å². The molecule has 0 bridgehead atoms. The van der Waals surface area contributed by atoms with Crippen molar-refractivity contribution in [2.45, 2.75) is 98.8 Å². The Hall–Kier alpha value is -1.32. The highest BCUT2D eigenvalue weighted by molar-refractivity contribution is 5.69. The van der Waals surface area contributed by atoms with E-state index in [-0.39, 0.29) is 11.9 Å². The summed E-state index contributed by atoms with van der Waals surface area (Å²) in [6.07, 6.45) is 12.4. The quantitative estimate of drug-likeness (QED) is 0.261. The summed E-state index contributed by atoms with van der Waals surface area (Å²) in [6.45, 7) is 13.9. The SMILES string of the molecule is C=COC(C)=O.CCCCC(CC)CCC(=O)OCC(CC)CCCC. The highest BCUT2D eigenvalue weighted by atomic mass is 16.5. The maximum absolute atomic E-state index is 11.8. The van der Waals surface area contributed by atoms with Crippen molar-refractivity contribution in [2.75, 3.05) is 6.61 Å². The highest BCUT2D eigenvalue weighted by Crippen LogP contribution is 2.19. The number of hydrogen-bond donors (Lipinski definition) is 0. The third-order valence-corrected chi connectivity index (χ3v) is 4.57. The summed E-state index contributed by atoms with van der Waals surface area (Å²) in [4.78, 5) is 21.6. The lowest BCUT2D eigenvalue weighted by molar-refractivity contribution is -0.145. The van der Waals surface area contributed by atoms with Crippen LogP contribution >= 0.6 is 0 Å². The number of unbranched alkanes of at least 4 members (excludes halogenated alkanes) is 2. The number of carbonyl (C=O) groups is 2. The number of carbonyl (C=O) groups excluding carboxylic acids is 2. The van der Waals surface area contributed by atoms with Crippen molar-refractivity contribution < 1.29 is 19.1 Å². The fourth-order valence-electron chi connectivity index (χ4n) is 2.67. The van der Waals surface area contributed by atoms with Crippen LogP contribution in [0.5, 0.6) is 0 Å². The van der Waals surface area contributed by atoms with Gasteiger partial charge in [0.2, 0.25) is 0 Å². The second kappa shape index (κ2) is 20.0. The van der Waals surface area contributed by atoms with Gasteiger partial charge in [0.1, 0.15) is 0 Å². The Balaban J connectivity index is 0. The first kappa shape index (κ1) is 26.9. The van der Waals surface area contributed by atoms with Gasteiger partial charge in [0.15, 0.2) is 0 Å². The van der Waals surface area contributed by atoms with E-state index in [1.807, 2.05) is 0 Å². The summed E-state index contributed by atoms with van der Waals surface area (Å²) >= 11 is 0. The molecule has 0 heterocycles. The van der Waals surface area contributed by atoms with Crippen molar-refractivity contribution in [1.29, 1.82) is 0 Å². The first-order chi connectivity index (χ1) is 12.4. The van der Waals surface area contributed by atoms with Gasteiger partial charge in [-0.15, -0.1) is 0 Å². The molecule has 0 aliphatic carbocycles. The molecule has 0 spiro atoms. The molecule has 154 valence electrons. The predicted octanol–water partition coefficient (Wildman–Crippen LogP) is 6.44. The van der Waals surface area contributed by atoms with Gasteiger partial charge in [-0.3, -0.25) is 9.59 Å². The van der Waals surface area contributed by atoms with Crippen LogP contribution in [-0.4, -0.2) is 18.5 Å². The van der Waals surface area contributed by atoms with Crippen LogP contribution in [0.3, 0.4) is 0 Å². The number of hydrogen-bond acceptors (Lipinski definition) is 4. The molecule has 0 saturated heterocycles. The molecule has 0 saturated carbocycles. The maximum Gasteiger partial charge on any atom is 0.307 e. The maximum atomic E-state index is 11.8. The average molecular weight is 371 g/mol. The molecule has 0 aliphatic heterocycles. The van der Waals surface area contributed by atoms with Crippen LogP contribution in [0.15, 0.2) is 12.8 Å². The fraction of sp³-hybridized carbons (Fsp3) is 0.818. The molecule has 4 nitrogen and oxygen atoms in total. The molecule has 0 N–H and O–H groups in total. The van der Waals surface area contributed by atoms with E-state index < -0.39 is 0 Å². The van der Waals surface area contributed by atoms with Gasteiger partial charge in [0, 0.05) is 13.3 Å². The van der Waals surface area contributed by atoms with E-state index in [2.05, 4.69) is 39.0 Å². The topological polar surface area (TPSA) is 52.6 Å². The predicted molar refractivity (Wildman–Crippen MR) is 109 cm³/mol. The first-order valence-corrected chi connectivity index (χ1v) is 10.4. The zero-order valence-electron chi connectivity index (χ0n) is 17.9. The molecule has 0 aromatic heterocycles. The molecule has 0 rings (SSSR count). The molecular formula is C22H42O4. The zero-order chi connectivity index (χ0) is 20.2. The van der Waals surface area contributed by atoms with Gasteiger partial charge in [0.05, 0.1) is 12.9 Å². The molecule has 0 aliphatic rings. The van der Waals surface area contributed by atoms with E-state index in [0.717, 1.165) is 19.1 Å². The van der Waals surface area contributed by atoms with E-state index >= 15 is 0 Å². The van der Waals surface area contributed by atoms with Gasteiger partial charge >= 0.3 is 11.9 Å². The van der Waals surface area contributed by atoms with Gasteiger partial charge in [-0.25, -0.2) is 0 Å². The molecule has 2 unspecified atom stereocenters. The summed E-state index contributed by atoms with van der Waals surface area (Å²) < 4.78 is 9.62. The van der Waals surface area contributed by atoms with Crippen molar-refractivity contribution in [2.24, 2.45) is 11.8 Å². The Kier molecular flexibility index (Phi) is 20.7. The van der Waals surface area contributed by atoms with E-state index in [1.54, 1.807) is 0 Å². The van der Waals surface area contributed by atoms with Crippen LogP contribution in [0.4, 0.5) is 0 Å². The second-order valence-corrected chi connectivity index (χ2v) is 6.83. The Morgan fingerprint density at radius 2 is 1.46 bits per heavy atom. The summed E-state index contributed by atoms with van der Waals surface area (Å²) in [6, 6.07) is 0.